The van der Waals surface area contributed by atoms with Crippen LogP contribution in [0.1, 0.15) is 19.3 Å². The molecule has 0 radical (unpaired) electrons. The van der Waals surface area contributed by atoms with Gasteiger partial charge in [-0.05, 0) is 12.8 Å². The van der Waals surface area contributed by atoms with Gasteiger partial charge in [0, 0.05) is 6.54 Å². The third-order valence-electron chi connectivity index (χ3n) is 2.70. The highest BCUT2D eigenvalue weighted by Crippen LogP contribution is 2.40. The molecular weight excluding hydrogens is 196 g/mol. The molecule has 15 heavy (non-hydrogen) atoms. The number of nitrogens with one attached hydrogen (secondary N) is 2. The molecule has 1 aliphatic rings. The molecule has 1 aliphatic carbocycles. The summed E-state index contributed by atoms with van der Waals surface area (Å²) in [6.45, 7) is 0.310. The first-order valence-electron chi connectivity index (χ1n) is 4.79. The molecule has 0 saturated heterocycles. The van der Waals surface area contributed by atoms with Gasteiger partial charge in [0.25, 0.3) is 0 Å². The number of carbonyl (C=O) groups is 2. The molecule has 0 bridgehead atoms. The Morgan fingerprint density at radius 1 is 1.40 bits per heavy atom. The average molecular weight is 210 g/mol. The van der Waals surface area contributed by atoms with Crippen LogP contribution in [0.25, 0.3) is 0 Å². The lowest BCUT2D eigenvalue weighted by molar-refractivity contribution is -0.153. The summed E-state index contributed by atoms with van der Waals surface area (Å²) in [7, 11) is 0. The number of hydrogen-bond donors (Lipinski definition) is 3. The third kappa shape index (κ3) is 2.62. The Balaban J connectivity index is 2.32. The molecule has 1 rings (SSSR count). The maximum absolute atomic E-state index is 11.1. The van der Waals surface area contributed by atoms with Crippen molar-refractivity contribution in [1.82, 2.24) is 10.6 Å². The highest BCUT2D eigenvalue weighted by atomic mass is 16.4. The molecule has 1 fully saturated rings. The van der Waals surface area contributed by atoms with E-state index in [1.807, 2.05) is 0 Å². The second-order valence-corrected chi connectivity index (χ2v) is 3.68. The Labute approximate surface area is 88.2 Å². The third-order valence-corrected chi connectivity index (χ3v) is 2.70. The van der Waals surface area contributed by atoms with E-state index in [-0.39, 0.29) is 13.1 Å². The number of urea groups is 1. The van der Waals surface area contributed by atoms with Gasteiger partial charge in [0.2, 0.25) is 0 Å². The fourth-order valence-corrected chi connectivity index (χ4v) is 1.51. The highest BCUT2D eigenvalue weighted by molar-refractivity contribution is 5.78. The number of aliphatic carboxylic acids is 1. The van der Waals surface area contributed by atoms with Gasteiger partial charge in [0.05, 0.1) is 12.0 Å². The quantitative estimate of drug-likeness (QED) is 0.579. The summed E-state index contributed by atoms with van der Waals surface area (Å²) in [6, 6.07) is -0.416. The molecule has 1 saturated carbocycles. The van der Waals surface area contributed by atoms with Crippen LogP contribution in [0.4, 0.5) is 4.79 Å². The number of carboxylic acid groups (broad SMARTS) is 1. The Hall–Kier alpha value is -1.70. The van der Waals surface area contributed by atoms with Crippen molar-refractivity contribution in [3.63, 3.8) is 0 Å². The second-order valence-electron chi connectivity index (χ2n) is 3.68. The van der Waals surface area contributed by atoms with E-state index >= 15 is 0 Å². The van der Waals surface area contributed by atoms with Gasteiger partial charge in [-0.2, -0.15) is 0 Å². The molecule has 0 spiro atoms. The van der Waals surface area contributed by atoms with Crippen LogP contribution in [-0.2, 0) is 4.79 Å². The standard InChI is InChI=1S/C10H14N2O3/c1-2-6-11-9(15)12-7-10(8(13)14)4-3-5-10/h1H,3-7H2,(H,13,14)(H2,11,12,15). The van der Waals surface area contributed by atoms with Gasteiger partial charge in [-0.15, -0.1) is 6.42 Å². The fourth-order valence-electron chi connectivity index (χ4n) is 1.51. The summed E-state index contributed by atoms with van der Waals surface area (Å²) in [5.74, 6) is 1.42. The van der Waals surface area contributed by atoms with E-state index in [0.29, 0.717) is 12.8 Å². The van der Waals surface area contributed by atoms with Gasteiger partial charge >= 0.3 is 12.0 Å². The van der Waals surface area contributed by atoms with Crippen molar-refractivity contribution in [3.05, 3.63) is 0 Å². The van der Waals surface area contributed by atoms with Crippen LogP contribution in [-0.4, -0.2) is 30.2 Å². The first-order chi connectivity index (χ1) is 7.10. The topological polar surface area (TPSA) is 78.4 Å². The van der Waals surface area contributed by atoms with E-state index in [1.165, 1.54) is 0 Å². The zero-order valence-corrected chi connectivity index (χ0v) is 8.38. The molecule has 0 aromatic heterocycles. The van der Waals surface area contributed by atoms with E-state index in [0.717, 1.165) is 6.42 Å². The van der Waals surface area contributed by atoms with Crippen molar-refractivity contribution >= 4 is 12.0 Å². The maximum Gasteiger partial charge on any atom is 0.315 e. The summed E-state index contributed by atoms with van der Waals surface area (Å²) in [5, 5.41) is 13.9. The molecule has 0 aromatic carbocycles. The van der Waals surface area contributed by atoms with E-state index < -0.39 is 17.4 Å². The van der Waals surface area contributed by atoms with E-state index in [4.69, 9.17) is 11.5 Å². The van der Waals surface area contributed by atoms with Crippen LogP contribution in [0.3, 0.4) is 0 Å². The number of terminal acetylenes is 1. The van der Waals surface area contributed by atoms with Crippen molar-refractivity contribution in [1.29, 1.82) is 0 Å². The minimum Gasteiger partial charge on any atom is -0.481 e. The zero-order valence-electron chi connectivity index (χ0n) is 8.38. The number of rotatable bonds is 4. The zero-order chi connectivity index (χ0) is 11.3. The normalized spacial score (nSPS) is 17.0. The van der Waals surface area contributed by atoms with Gasteiger partial charge < -0.3 is 15.7 Å². The molecule has 0 heterocycles. The Bertz CT molecular complexity index is 302. The smallest absolute Gasteiger partial charge is 0.315 e. The summed E-state index contributed by atoms with van der Waals surface area (Å²) in [5.41, 5.74) is -0.756. The van der Waals surface area contributed by atoms with Crippen LogP contribution in [0.15, 0.2) is 0 Å². The minimum absolute atomic E-state index is 0.145. The van der Waals surface area contributed by atoms with Crippen LogP contribution >= 0.6 is 0 Å². The molecule has 2 amide bonds. The summed E-state index contributed by atoms with van der Waals surface area (Å²) in [4.78, 5) is 22.0. The average Bonchev–Trinajstić information content (AvgIpc) is 2.12. The molecular formula is C10H14N2O3. The molecule has 0 aromatic rings. The molecule has 5 heteroatoms. The molecule has 82 valence electrons. The predicted molar refractivity (Wildman–Crippen MR) is 54.2 cm³/mol. The Morgan fingerprint density at radius 2 is 2.07 bits per heavy atom. The summed E-state index contributed by atoms with van der Waals surface area (Å²) >= 11 is 0. The number of carboxylic acids is 1. The van der Waals surface area contributed by atoms with E-state index in [9.17, 15) is 9.59 Å². The Morgan fingerprint density at radius 3 is 2.47 bits per heavy atom. The summed E-state index contributed by atoms with van der Waals surface area (Å²) in [6.07, 6.45) is 7.11. The van der Waals surface area contributed by atoms with Gasteiger partial charge in [0.1, 0.15) is 0 Å². The lowest BCUT2D eigenvalue weighted by atomic mass is 9.69. The predicted octanol–water partition coefficient (Wildman–Crippen LogP) is 0.174. The van der Waals surface area contributed by atoms with Crippen LogP contribution in [0.5, 0.6) is 0 Å². The minimum atomic E-state index is -0.842. The SMILES string of the molecule is C#CCNC(=O)NCC1(C(=O)O)CCC1. The molecule has 5 nitrogen and oxygen atoms in total. The first-order valence-corrected chi connectivity index (χ1v) is 4.79. The second kappa shape index (κ2) is 4.69. The number of amides is 2. The van der Waals surface area contributed by atoms with Crippen molar-refractivity contribution in [2.45, 2.75) is 19.3 Å². The van der Waals surface area contributed by atoms with Crippen LogP contribution in [0, 0.1) is 17.8 Å². The maximum atomic E-state index is 11.1. The largest absolute Gasteiger partial charge is 0.481 e. The van der Waals surface area contributed by atoms with E-state index in [1.54, 1.807) is 0 Å². The molecule has 3 N–H and O–H groups in total. The molecule has 0 atom stereocenters. The van der Waals surface area contributed by atoms with Gasteiger partial charge in [-0.1, -0.05) is 12.3 Å². The number of carbonyl (C=O) groups excluding carboxylic acids is 1. The monoisotopic (exact) mass is 210 g/mol. The first kappa shape index (κ1) is 11.4. The van der Waals surface area contributed by atoms with Crippen LogP contribution < -0.4 is 10.6 Å². The highest BCUT2D eigenvalue weighted by Gasteiger charge is 2.44. The lowest BCUT2D eigenvalue weighted by Crippen LogP contribution is -2.49. The van der Waals surface area contributed by atoms with Crippen molar-refractivity contribution in [3.8, 4) is 12.3 Å². The van der Waals surface area contributed by atoms with Gasteiger partial charge in [-0.25, -0.2) is 4.79 Å². The van der Waals surface area contributed by atoms with Gasteiger partial charge in [0.15, 0.2) is 0 Å². The summed E-state index contributed by atoms with van der Waals surface area (Å²) < 4.78 is 0. The van der Waals surface area contributed by atoms with Crippen molar-refractivity contribution in [2.24, 2.45) is 5.41 Å². The molecule has 0 unspecified atom stereocenters. The molecule has 0 aliphatic heterocycles. The van der Waals surface area contributed by atoms with Crippen LogP contribution in [0.2, 0.25) is 0 Å². The van der Waals surface area contributed by atoms with E-state index in [2.05, 4.69) is 16.6 Å². The van der Waals surface area contributed by atoms with Gasteiger partial charge in [-0.3, -0.25) is 4.79 Å². The Kier molecular flexibility index (Phi) is 3.56. The van der Waals surface area contributed by atoms with Crippen molar-refractivity contribution < 1.29 is 14.7 Å². The number of hydrogen-bond acceptors (Lipinski definition) is 2. The van der Waals surface area contributed by atoms with Crippen molar-refractivity contribution in [2.75, 3.05) is 13.1 Å². The lowest BCUT2D eigenvalue weighted by Gasteiger charge is -2.37. The fraction of sp³-hybridized carbons (Fsp3) is 0.600.